The van der Waals surface area contributed by atoms with E-state index in [1.165, 1.54) is 0 Å². The number of aromatic nitrogens is 3. The minimum absolute atomic E-state index is 0.00349. The molecule has 1 aliphatic rings. The van der Waals surface area contributed by atoms with Crippen molar-refractivity contribution in [3.63, 3.8) is 0 Å². The number of carbonyl (C=O) groups excluding carboxylic acids is 1. The van der Waals surface area contributed by atoms with Gasteiger partial charge in [-0.25, -0.2) is 8.42 Å². The van der Waals surface area contributed by atoms with Crippen LogP contribution in [0.4, 0.5) is 0 Å². The van der Waals surface area contributed by atoms with Gasteiger partial charge in [0.25, 0.3) is 0 Å². The zero-order valence-electron chi connectivity index (χ0n) is 12.6. The molecule has 0 N–H and O–H groups in total. The van der Waals surface area contributed by atoms with Crippen molar-refractivity contribution in [2.75, 3.05) is 18.8 Å². The molecule has 0 saturated carbocycles. The summed E-state index contributed by atoms with van der Waals surface area (Å²) >= 11 is 0. The minimum Gasteiger partial charge on any atom is -0.340 e. The highest BCUT2D eigenvalue weighted by atomic mass is 32.2. The molecule has 0 bridgehead atoms. The minimum atomic E-state index is -3.42. The van der Waals surface area contributed by atoms with Gasteiger partial charge >= 0.3 is 0 Å². The Balaban J connectivity index is 1.56. The summed E-state index contributed by atoms with van der Waals surface area (Å²) in [5.41, 5.74) is 0. The van der Waals surface area contributed by atoms with Crippen molar-refractivity contribution in [2.24, 2.45) is 0 Å². The summed E-state index contributed by atoms with van der Waals surface area (Å²) in [6, 6.07) is 8.29. The van der Waals surface area contributed by atoms with Crippen LogP contribution in [-0.2, 0) is 14.6 Å². The largest absolute Gasteiger partial charge is 0.340 e. The van der Waals surface area contributed by atoms with Crippen LogP contribution in [0.1, 0.15) is 18.9 Å². The summed E-state index contributed by atoms with van der Waals surface area (Å²) in [6.07, 6.45) is 4.00. The van der Waals surface area contributed by atoms with Crippen molar-refractivity contribution >= 4 is 15.7 Å². The molecule has 2 heterocycles. The molecule has 23 heavy (non-hydrogen) atoms. The number of hydrogen-bond acceptors (Lipinski definition) is 5. The van der Waals surface area contributed by atoms with E-state index in [0.29, 0.717) is 13.1 Å². The van der Waals surface area contributed by atoms with E-state index in [1.54, 1.807) is 52.4 Å². The first kappa shape index (κ1) is 15.7. The average molecular weight is 334 g/mol. The van der Waals surface area contributed by atoms with Gasteiger partial charge in [0.05, 0.1) is 29.1 Å². The third-order valence-electron chi connectivity index (χ3n) is 3.97. The van der Waals surface area contributed by atoms with Crippen LogP contribution in [0.15, 0.2) is 47.6 Å². The van der Waals surface area contributed by atoms with E-state index < -0.39 is 9.84 Å². The van der Waals surface area contributed by atoms with E-state index in [1.807, 2.05) is 0 Å². The maximum absolute atomic E-state index is 12.2. The Labute approximate surface area is 134 Å². The van der Waals surface area contributed by atoms with Gasteiger partial charge in [0.15, 0.2) is 9.84 Å². The Hall–Kier alpha value is -2.22. The van der Waals surface area contributed by atoms with Gasteiger partial charge < -0.3 is 4.90 Å². The molecule has 1 saturated heterocycles. The number of hydrogen-bond donors (Lipinski definition) is 0. The van der Waals surface area contributed by atoms with Gasteiger partial charge in [-0.05, 0) is 18.6 Å². The second kappa shape index (κ2) is 6.49. The van der Waals surface area contributed by atoms with E-state index in [0.717, 1.165) is 6.42 Å². The summed E-state index contributed by atoms with van der Waals surface area (Å²) in [7, 11) is -3.42. The Bertz CT molecular complexity index is 759. The highest BCUT2D eigenvalue weighted by Gasteiger charge is 2.29. The molecule has 3 rings (SSSR count). The second-order valence-electron chi connectivity index (χ2n) is 5.51. The molecule has 1 atom stereocenters. The Morgan fingerprint density at radius 3 is 2.57 bits per heavy atom. The topological polar surface area (TPSA) is 85.2 Å². The van der Waals surface area contributed by atoms with Gasteiger partial charge in [-0.1, -0.05) is 18.2 Å². The molecule has 122 valence electrons. The SMILES string of the molecule is O=C(CCS(=O)(=O)c1ccccc1)N1CCC(n2nccn2)C1. The highest BCUT2D eigenvalue weighted by Crippen LogP contribution is 2.21. The van der Waals surface area contributed by atoms with Crippen molar-refractivity contribution in [2.45, 2.75) is 23.8 Å². The van der Waals surface area contributed by atoms with Crippen molar-refractivity contribution in [3.05, 3.63) is 42.7 Å². The van der Waals surface area contributed by atoms with Crippen LogP contribution in [-0.4, -0.2) is 53.1 Å². The number of benzene rings is 1. The Kier molecular flexibility index (Phi) is 4.42. The van der Waals surface area contributed by atoms with Crippen molar-refractivity contribution in [1.82, 2.24) is 19.9 Å². The lowest BCUT2D eigenvalue weighted by molar-refractivity contribution is -0.129. The van der Waals surface area contributed by atoms with Crippen LogP contribution in [0, 0.1) is 0 Å². The number of carbonyl (C=O) groups is 1. The predicted molar refractivity (Wildman–Crippen MR) is 83.4 cm³/mol. The van der Waals surface area contributed by atoms with Gasteiger partial charge in [0.1, 0.15) is 0 Å². The monoisotopic (exact) mass is 334 g/mol. The lowest BCUT2D eigenvalue weighted by atomic mass is 10.3. The molecule has 1 unspecified atom stereocenters. The van der Waals surface area contributed by atoms with Crippen LogP contribution >= 0.6 is 0 Å². The van der Waals surface area contributed by atoms with Gasteiger partial charge in [0, 0.05) is 19.5 Å². The molecule has 1 aromatic carbocycles. The first-order chi connectivity index (χ1) is 11.1. The van der Waals surface area contributed by atoms with Gasteiger partial charge in [-0.3, -0.25) is 4.79 Å². The van der Waals surface area contributed by atoms with Crippen molar-refractivity contribution in [3.8, 4) is 0 Å². The maximum Gasteiger partial charge on any atom is 0.223 e. The molecule has 0 spiro atoms. The first-order valence-electron chi connectivity index (χ1n) is 7.47. The molecule has 0 radical (unpaired) electrons. The van der Waals surface area contributed by atoms with Crippen LogP contribution in [0.25, 0.3) is 0 Å². The normalized spacial score (nSPS) is 18.3. The van der Waals surface area contributed by atoms with Crippen molar-refractivity contribution < 1.29 is 13.2 Å². The predicted octanol–water partition coefficient (Wildman–Crippen LogP) is 0.916. The molecule has 7 nitrogen and oxygen atoms in total. The highest BCUT2D eigenvalue weighted by molar-refractivity contribution is 7.91. The number of nitrogens with zero attached hydrogens (tertiary/aromatic N) is 4. The summed E-state index contributed by atoms with van der Waals surface area (Å²) in [5, 5.41) is 8.18. The quantitative estimate of drug-likeness (QED) is 0.811. The van der Waals surface area contributed by atoms with Gasteiger partial charge in [-0.15, -0.1) is 0 Å². The lowest BCUT2D eigenvalue weighted by Crippen LogP contribution is -2.30. The van der Waals surface area contributed by atoms with E-state index in [9.17, 15) is 13.2 Å². The van der Waals surface area contributed by atoms with Crippen LogP contribution in [0.5, 0.6) is 0 Å². The summed E-state index contributed by atoms with van der Waals surface area (Å²) < 4.78 is 24.4. The molecule has 8 heteroatoms. The number of likely N-dealkylation sites (tertiary alicyclic amines) is 1. The molecule has 1 fully saturated rings. The van der Waals surface area contributed by atoms with Crippen LogP contribution in [0.3, 0.4) is 0 Å². The zero-order chi connectivity index (χ0) is 16.3. The van der Waals surface area contributed by atoms with Gasteiger partial charge in [-0.2, -0.15) is 15.0 Å². The Morgan fingerprint density at radius 2 is 1.87 bits per heavy atom. The third-order valence-corrected chi connectivity index (χ3v) is 5.70. The molecule has 2 aromatic rings. The number of rotatable bonds is 5. The standard InChI is InChI=1S/C15H18N4O3S/c20-15(7-11-23(21,22)14-4-2-1-3-5-14)18-10-6-13(12-18)19-16-8-9-17-19/h1-5,8-9,13H,6-7,10-12H2. The summed E-state index contributed by atoms with van der Waals surface area (Å²) in [5.74, 6) is -0.309. The van der Waals surface area contributed by atoms with E-state index >= 15 is 0 Å². The zero-order valence-corrected chi connectivity index (χ0v) is 13.4. The third kappa shape index (κ3) is 3.58. The smallest absolute Gasteiger partial charge is 0.223 e. The molecular formula is C15H18N4O3S. The number of amides is 1. The fraction of sp³-hybridized carbons (Fsp3) is 0.400. The van der Waals surface area contributed by atoms with Crippen LogP contribution < -0.4 is 0 Å². The van der Waals surface area contributed by atoms with Gasteiger partial charge in [0.2, 0.25) is 5.91 Å². The summed E-state index contributed by atoms with van der Waals surface area (Å²) in [6.45, 7) is 1.13. The average Bonchev–Trinajstić information content (AvgIpc) is 3.24. The maximum atomic E-state index is 12.2. The fourth-order valence-electron chi connectivity index (χ4n) is 2.70. The molecular weight excluding hydrogens is 316 g/mol. The lowest BCUT2D eigenvalue weighted by Gasteiger charge is -2.16. The van der Waals surface area contributed by atoms with Crippen molar-refractivity contribution in [1.29, 1.82) is 0 Å². The first-order valence-corrected chi connectivity index (χ1v) is 9.13. The molecule has 1 aliphatic heterocycles. The molecule has 1 aromatic heterocycles. The summed E-state index contributed by atoms with van der Waals surface area (Å²) in [4.78, 5) is 15.8. The molecule has 0 aliphatic carbocycles. The molecule has 1 amide bonds. The Morgan fingerprint density at radius 1 is 1.17 bits per heavy atom. The number of sulfone groups is 1. The van der Waals surface area contributed by atoms with Crippen LogP contribution in [0.2, 0.25) is 0 Å². The van der Waals surface area contributed by atoms with E-state index in [-0.39, 0.29) is 29.0 Å². The second-order valence-corrected chi connectivity index (χ2v) is 7.62. The van der Waals surface area contributed by atoms with E-state index in [4.69, 9.17) is 0 Å². The van der Waals surface area contributed by atoms with E-state index in [2.05, 4.69) is 10.2 Å². The fourth-order valence-corrected chi connectivity index (χ4v) is 3.95.